The van der Waals surface area contributed by atoms with Gasteiger partial charge in [0.05, 0.1) is 0 Å². The molecule has 0 fully saturated rings. The van der Waals surface area contributed by atoms with Gasteiger partial charge in [-0.3, -0.25) is 13.9 Å². The lowest BCUT2D eigenvalue weighted by Gasteiger charge is -2.17. The Morgan fingerprint density at radius 2 is 1.84 bits per heavy atom. The zero-order valence-electron chi connectivity index (χ0n) is 20.1. The molecule has 0 spiro atoms. The van der Waals surface area contributed by atoms with Crippen LogP contribution in [-0.2, 0) is 20.1 Å². The van der Waals surface area contributed by atoms with Crippen LogP contribution in [0.5, 0.6) is 5.75 Å². The third-order valence-corrected chi connectivity index (χ3v) is 6.02. The quantitative estimate of drug-likeness (QED) is 0.341. The van der Waals surface area contributed by atoms with Crippen LogP contribution in [0.4, 0.5) is 8.78 Å². The first kappa shape index (κ1) is 26.5. The highest BCUT2D eigenvalue weighted by atomic mass is 35.5. The molecule has 0 saturated carbocycles. The molecule has 0 radical (unpaired) electrons. The third kappa shape index (κ3) is 5.58. The van der Waals surface area contributed by atoms with Crippen molar-refractivity contribution < 1.29 is 23.7 Å². The average molecular weight is 535 g/mol. The van der Waals surface area contributed by atoms with E-state index >= 15 is 0 Å². The Bertz CT molecular complexity index is 1540. The summed E-state index contributed by atoms with van der Waals surface area (Å²) in [4.78, 5) is 30.8. The number of benzene rings is 2. The fourth-order valence-corrected chi connectivity index (χ4v) is 4.19. The maximum absolute atomic E-state index is 13.5. The van der Waals surface area contributed by atoms with Crippen molar-refractivity contribution in [1.82, 2.24) is 18.7 Å². The molecule has 4 aromatic rings. The topological polar surface area (TPSA) is 112 Å². The second kappa shape index (κ2) is 10.4. The van der Waals surface area contributed by atoms with Crippen molar-refractivity contribution in [3.8, 4) is 5.75 Å². The largest absolute Gasteiger partial charge is 0.433 e. The van der Waals surface area contributed by atoms with Crippen LogP contribution >= 0.6 is 11.6 Å². The molecule has 0 saturated heterocycles. The minimum Gasteiger partial charge on any atom is -0.433 e. The van der Waals surface area contributed by atoms with E-state index in [0.29, 0.717) is 11.9 Å². The molecule has 0 aliphatic carbocycles. The first-order valence-corrected chi connectivity index (χ1v) is 11.8. The molecule has 0 amide bonds. The standard InChI is InChI=1S/C25H25ClF2N4O5/c1-25(27,28)37-18-6-3-5-16(13-18)20(34)22-29-21-19(32(22)14-15-7-9-17(26)10-8-15)23(35)31(11-4-12-33)24(36)30(21)2/h3,5-10,13,20,33-34H,4,11-12,14H2,1-2H3. The van der Waals surface area contributed by atoms with E-state index in [1.165, 1.54) is 40.4 Å². The van der Waals surface area contributed by atoms with E-state index in [1.54, 1.807) is 24.3 Å². The Balaban J connectivity index is 1.92. The van der Waals surface area contributed by atoms with Crippen LogP contribution in [0.15, 0.2) is 58.1 Å². The van der Waals surface area contributed by atoms with Crippen LogP contribution in [0.25, 0.3) is 11.2 Å². The Morgan fingerprint density at radius 1 is 1.14 bits per heavy atom. The summed E-state index contributed by atoms with van der Waals surface area (Å²) in [6.07, 6.45) is -4.69. The van der Waals surface area contributed by atoms with Crippen molar-refractivity contribution in [3.05, 3.63) is 91.3 Å². The number of alkyl halides is 2. The van der Waals surface area contributed by atoms with Gasteiger partial charge in [-0.1, -0.05) is 35.9 Å². The second-order valence-corrected chi connectivity index (χ2v) is 9.05. The number of aliphatic hydroxyl groups excluding tert-OH is 2. The molecule has 0 bridgehead atoms. The number of hydrogen-bond acceptors (Lipinski definition) is 6. The van der Waals surface area contributed by atoms with E-state index in [1.807, 2.05) is 0 Å². The highest BCUT2D eigenvalue weighted by Gasteiger charge is 2.27. The number of ether oxygens (including phenoxy) is 1. The van der Waals surface area contributed by atoms with Crippen LogP contribution in [0, 0.1) is 0 Å². The number of rotatable bonds is 9. The Morgan fingerprint density at radius 3 is 2.49 bits per heavy atom. The third-order valence-electron chi connectivity index (χ3n) is 5.77. The Hall–Kier alpha value is -3.54. The zero-order valence-corrected chi connectivity index (χ0v) is 20.8. The SMILES string of the molecule is Cn1c(=O)n(CCCO)c(=O)c2c1nc(C(O)c1cccc(OC(C)(F)F)c1)n2Cc1ccc(Cl)cc1. The number of halogens is 3. The number of aliphatic hydroxyl groups is 2. The van der Waals surface area contributed by atoms with Crippen LogP contribution in [-0.4, -0.2) is 41.6 Å². The van der Waals surface area contributed by atoms with Crippen molar-refractivity contribution in [3.63, 3.8) is 0 Å². The molecule has 2 N–H and O–H groups in total. The van der Waals surface area contributed by atoms with Crippen LogP contribution in [0.1, 0.15) is 36.4 Å². The van der Waals surface area contributed by atoms with E-state index in [4.69, 9.17) is 11.6 Å². The number of imidazole rings is 1. The van der Waals surface area contributed by atoms with Gasteiger partial charge in [0.25, 0.3) is 5.56 Å². The van der Waals surface area contributed by atoms with E-state index in [9.17, 15) is 28.6 Å². The highest BCUT2D eigenvalue weighted by molar-refractivity contribution is 6.30. The molecule has 2 aromatic carbocycles. The van der Waals surface area contributed by atoms with Crippen LogP contribution in [0.2, 0.25) is 5.02 Å². The first-order valence-electron chi connectivity index (χ1n) is 11.4. The fourth-order valence-electron chi connectivity index (χ4n) is 4.06. The van der Waals surface area contributed by atoms with Gasteiger partial charge in [0.15, 0.2) is 11.2 Å². The number of nitrogens with zero attached hydrogens (tertiary/aromatic N) is 4. The normalized spacial score (nSPS) is 12.7. The second-order valence-electron chi connectivity index (χ2n) is 8.62. The summed E-state index contributed by atoms with van der Waals surface area (Å²) in [5.74, 6) is -0.138. The lowest BCUT2D eigenvalue weighted by Crippen LogP contribution is -2.40. The maximum atomic E-state index is 13.5. The van der Waals surface area contributed by atoms with E-state index < -0.39 is 23.5 Å². The minimum atomic E-state index is -3.43. The molecule has 12 heteroatoms. The summed E-state index contributed by atoms with van der Waals surface area (Å²) in [6, 6.07) is 12.4. The van der Waals surface area contributed by atoms with Gasteiger partial charge in [0.1, 0.15) is 17.7 Å². The molecule has 2 heterocycles. The van der Waals surface area contributed by atoms with Gasteiger partial charge >= 0.3 is 11.8 Å². The van der Waals surface area contributed by atoms with Crippen molar-refractivity contribution in [1.29, 1.82) is 0 Å². The van der Waals surface area contributed by atoms with E-state index in [0.717, 1.165) is 10.1 Å². The molecule has 37 heavy (non-hydrogen) atoms. The molecule has 9 nitrogen and oxygen atoms in total. The van der Waals surface area contributed by atoms with Gasteiger partial charge < -0.3 is 19.5 Å². The molecule has 196 valence electrons. The lowest BCUT2D eigenvalue weighted by atomic mass is 10.1. The molecule has 2 aromatic heterocycles. The predicted molar refractivity (Wildman–Crippen MR) is 133 cm³/mol. The minimum absolute atomic E-state index is 0.00737. The van der Waals surface area contributed by atoms with Crippen LogP contribution < -0.4 is 16.0 Å². The summed E-state index contributed by atoms with van der Waals surface area (Å²) >= 11 is 6.01. The number of aryl methyl sites for hydroxylation is 1. The van der Waals surface area contributed by atoms with Gasteiger partial charge in [0.2, 0.25) is 0 Å². The average Bonchev–Trinajstić information content (AvgIpc) is 3.22. The lowest BCUT2D eigenvalue weighted by molar-refractivity contribution is -0.159. The molecule has 0 aliphatic rings. The molecular weight excluding hydrogens is 510 g/mol. The van der Waals surface area contributed by atoms with Gasteiger partial charge in [-0.2, -0.15) is 8.78 Å². The highest BCUT2D eigenvalue weighted by Crippen LogP contribution is 2.29. The Labute approximate surface area is 214 Å². The van der Waals surface area contributed by atoms with Crippen molar-refractivity contribution in [2.75, 3.05) is 6.61 Å². The smallest absolute Gasteiger partial charge is 0.394 e. The number of fused-ring (bicyclic) bond motifs is 1. The monoisotopic (exact) mass is 534 g/mol. The summed E-state index contributed by atoms with van der Waals surface area (Å²) in [6.45, 7) is 0.476. The van der Waals surface area contributed by atoms with Crippen molar-refractivity contribution >= 4 is 22.8 Å². The first-order chi connectivity index (χ1) is 17.5. The molecule has 0 aliphatic heterocycles. The Kier molecular flexibility index (Phi) is 7.49. The van der Waals surface area contributed by atoms with Gasteiger partial charge in [-0.05, 0) is 41.8 Å². The number of aromatic nitrogens is 4. The summed E-state index contributed by atoms with van der Waals surface area (Å²) < 4.78 is 35.1. The van der Waals surface area contributed by atoms with Gasteiger partial charge in [-0.15, -0.1) is 0 Å². The number of hydrogen-bond donors (Lipinski definition) is 2. The fraction of sp³-hybridized carbons (Fsp3) is 0.320. The van der Waals surface area contributed by atoms with Gasteiger partial charge in [-0.25, -0.2) is 9.78 Å². The predicted octanol–water partition coefficient (Wildman–Crippen LogP) is 3.05. The van der Waals surface area contributed by atoms with Crippen LogP contribution in [0.3, 0.4) is 0 Å². The summed E-state index contributed by atoms with van der Waals surface area (Å²) in [7, 11) is 1.45. The van der Waals surface area contributed by atoms with Crippen molar-refractivity contribution in [2.45, 2.75) is 38.6 Å². The summed E-state index contributed by atoms with van der Waals surface area (Å²) in [5, 5.41) is 21.0. The molecule has 1 unspecified atom stereocenters. The molecular formula is C25H25ClF2N4O5. The van der Waals surface area contributed by atoms with E-state index in [-0.39, 0.29) is 54.4 Å². The van der Waals surface area contributed by atoms with Gasteiger partial charge in [0, 0.05) is 38.7 Å². The maximum Gasteiger partial charge on any atom is 0.394 e. The summed E-state index contributed by atoms with van der Waals surface area (Å²) in [5.41, 5.74) is -0.213. The van der Waals surface area contributed by atoms with E-state index in [2.05, 4.69) is 9.72 Å². The zero-order chi connectivity index (χ0) is 26.9. The van der Waals surface area contributed by atoms with Crippen molar-refractivity contribution in [2.24, 2.45) is 7.05 Å². The molecule has 1 atom stereocenters. The molecule has 4 rings (SSSR count).